The first-order valence-corrected chi connectivity index (χ1v) is 6.41. The van der Waals surface area contributed by atoms with Gasteiger partial charge in [-0.1, -0.05) is 12.1 Å². The van der Waals surface area contributed by atoms with Gasteiger partial charge in [0.05, 0.1) is 0 Å². The van der Waals surface area contributed by atoms with E-state index in [-0.39, 0.29) is 11.4 Å². The van der Waals surface area contributed by atoms with Gasteiger partial charge >= 0.3 is 0 Å². The molecule has 0 aromatic heterocycles. The molecule has 1 aromatic rings. The number of aryl methyl sites for hydroxylation is 1. The molecule has 0 atom stereocenters. The molecule has 1 rings (SSSR count). The Balaban J connectivity index is 2.48. The van der Waals surface area contributed by atoms with Crippen LogP contribution in [0.25, 0.3) is 0 Å². The number of nitrogens with one attached hydrogen (secondary N) is 2. The van der Waals surface area contributed by atoms with Crippen molar-refractivity contribution in [3.05, 3.63) is 29.3 Å². The first-order chi connectivity index (χ1) is 8.29. The summed E-state index contributed by atoms with van der Waals surface area (Å²) in [6, 6.07) is 5.95. The standard InChI is InChI=1S/C15H24N2O/c1-11-7-6-8-13(12(11)2)17-14(18)9-10-16-15(3,4)5/h6-8,16H,9-10H2,1-5H3,(H,17,18). The van der Waals surface area contributed by atoms with Crippen LogP contribution in [0.2, 0.25) is 0 Å². The number of benzene rings is 1. The van der Waals surface area contributed by atoms with Crippen LogP contribution in [0.3, 0.4) is 0 Å². The summed E-state index contributed by atoms with van der Waals surface area (Å²) in [5, 5.41) is 6.26. The minimum absolute atomic E-state index is 0.0551. The molecule has 18 heavy (non-hydrogen) atoms. The molecule has 0 aliphatic rings. The number of anilines is 1. The smallest absolute Gasteiger partial charge is 0.225 e. The fourth-order valence-corrected chi connectivity index (χ4v) is 1.65. The second kappa shape index (κ2) is 6.01. The lowest BCUT2D eigenvalue weighted by molar-refractivity contribution is -0.116. The van der Waals surface area contributed by atoms with Crippen LogP contribution in [0.5, 0.6) is 0 Å². The molecular weight excluding hydrogens is 224 g/mol. The van der Waals surface area contributed by atoms with Crippen LogP contribution in [-0.4, -0.2) is 18.0 Å². The van der Waals surface area contributed by atoms with Gasteiger partial charge in [0.15, 0.2) is 0 Å². The minimum atomic E-state index is 0.0551. The van der Waals surface area contributed by atoms with E-state index in [1.165, 1.54) is 5.56 Å². The zero-order valence-corrected chi connectivity index (χ0v) is 12.1. The maximum atomic E-state index is 11.8. The van der Waals surface area contributed by atoms with E-state index in [4.69, 9.17) is 0 Å². The van der Waals surface area contributed by atoms with Gasteiger partial charge in [0.1, 0.15) is 0 Å². The van der Waals surface area contributed by atoms with Crippen molar-refractivity contribution >= 4 is 11.6 Å². The van der Waals surface area contributed by atoms with Crippen LogP contribution in [0, 0.1) is 13.8 Å². The topological polar surface area (TPSA) is 41.1 Å². The molecule has 1 amide bonds. The van der Waals surface area contributed by atoms with Crippen molar-refractivity contribution in [3.63, 3.8) is 0 Å². The van der Waals surface area contributed by atoms with Crippen LogP contribution in [0.4, 0.5) is 5.69 Å². The lowest BCUT2D eigenvalue weighted by atomic mass is 10.1. The van der Waals surface area contributed by atoms with Crippen molar-refractivity contribution in [3.8, 4) is 0 Å². The fourth-order valence-electron chi connectivity index (χ4n) is 1.65. The largest absolute Gasteiger partial charge is 0.326 e. The van der Waals surface area contributed by atoms with Crippen molar-refractivity contribution in [2.45, 2.75) is 46.6 Å². The van der Waals surface area contributed by atoms with E-state index in [0.29, 0.717) is 13.0 Å². The van der Waals surface area contributed by atoms with E-state index >= 15 is 0 Å². The quantitative estimate of drug-likeness (QED) is 0.860. The Morgan fingerprint density at radius 3 is 2.50 bits per heavy atom. The van der Waals surface area contributed by atoms with E-state index in [9.17, 15) is 4.79 Å². The maximum Gasteiger partial charge on any atom is 0.225 e. The highest BCUT2D eigenvalue weighted by Gasteiger charge is 2.10. The van der Waals surface area contributed by atoms with Gasteiger partial charge in [0, 0.05) is 24.2 Å². The van der Waals surface area contributed by atoms with Gasteiger partial charge in [-0.2, -0.15) is 0 Å². The van der Waals surface area contributed by atoms with Gasteiger partial charge in [-0.05, 0) is 51.8 Å². The molecule has 0 aliphatic heterocycles. The Morgan fingerprint density at radius 2 is 1.89 bits per heavy atom. The van der Waals surface area contributed by atoms with Crippen LogP contribution < -0.4 is 10.6 Å². The van der Waals surface area contributed by atoms with E-state index in [2.05, 4.69) is 31.4 Å². The molecule has 0 saturated carbocycles. The minimum Gasteiger partial charge on any atom is -0.326 e. The number of amides is 1. The van der Waals surface area contributed by atoms with Crippen LogP contribution in [0.1, 0.15) is 38.3 Å². The van der Waals surface area contributed by atoms with E-state index in [0.717, 1.165) is 11.3 Å². The summed E-state index contributed by atoms with van der Waals surface area (Å²) < 4.78 is 0. The average Bonchev–Trinajstić information content (AvgIpc) is 2.23. The number of rotatable bonds is 4. The average molecular weight is 248 g/mol. The number of carbonyl (C=O) groups excluding carboxylic acids is 1. The summed E-state index contributed by atoms with van der Waals surface area (Å²) in [5.41, 5.74) is 3.30. The maximum absolute atomic E-state index is 11.8. The van der Waals surface area contributed by atoms with Crippen LogP contribution in [-0.2, 0) is 4.79 Å². The van der Waals surface area contributed by atoms with Gasteiger partial charge in [0.25, 0.3) is 0 Å². The predicted molar refractivity (Wildman–Crippen MR) is 76.9 cm³/mol. The number of hydrogen-bond donors (Lipinski definition) is 2. The summed E-state index contributed by atoms with van der Waals surface area (Å²) in [6.45, 7) is 11.0. The zero-order valence-electron chi connectivity index (χ0n) is 12.1. The third-order valence-electron chi connectivity index (χ3n) is 2.89. The Bertz CT molecular complexity index is 419. The summed E-state index contributed by atoms with van der Waals surface area (Å²) in [6.07, 6.45) is 0.491. The Kier molecular flexibility index (Phi) is 4.91. The van der Waals surface area contributed by atoms with Gasteiger partial charge in [0.2, 0.25) is 5.91 Å². The first kappa shape index (κ1) is 14.7. The molecule has 0 saturated heterocycles. The third kappa shape index (κ3) is 4.88. The predicted octanol–water partition coefficient (Wildman–Crippen LogP) is 3.02. The summed E-state index contributed by atoms with van der Waals surface area (Å²) in [4.78, 5) is 11.8. The molecule has 0 radical (unpaired) electrons. The number of carbonyl (C=O) groups is 1. The monoisotopic (exact) mass is 248 g/mol. The van der Waals surface area contributed by atoms with Crippen molar-refractivity contribution in [2.75, 3.05) is 11.9 Å². The molecule has 100 valence electrons. The Morgan fingerprint density at radius 1 is 1.22 bits per heavy atom. The molecule has 3 heteroatoms. The van der Waals surface area contributed by atoms with E-state index in [1.54, 1.807) is 0 Å². The van der Waals surface area contributed by atoms with Crippen LogP contribution >= 0.6 is 0 Å². The summed E-state index contributed by atoms with van der Waals surface area (Å²) >= 11 is 0. The van der Waals surface area contributed by atoms with Gasteiger partial charge in [-0.3, -0.25) is 4.79 Å². The van der Waals surface area contributed by atoms with Crippen LogP contribution in [0.15, 0.2) is 18.2 Å². The zero-order chi connectivity index (χ0) is 13.8. The SMILES string of the molecule is Cc1cccc(NC(=O)CCNC(C)(C)C)c1C. The number of hydrogen-bond acceptors (Lipinski definition) is 2. The lowest BCUT2D eigenvalue weighted by Gasteiger charge is -2.20. The molecule has 2 N–H and O–H groups in total. The third-order valence-corrected chi connectivity index (χ3v) is 2.89. The molecule has 0 heterocycles. The highest BCUT2D eigenvalue weighted by molar-refractivity contribution is 5.91. The molecule has 3 nitrogen and oxygen atoms in total. The second-order valence-electron chi connectivity index (χ2n) is 5.72. The van der Waals surface area contributed by atoms with Gasteiger partial charge in [-0.25, -0.2) is 0 Å². The second-order valence-corrected chi connectivity index (χ2v) is 5.72. The van der Waals surface area contributed by atoms with Crippen molar-refractivity contribution in [1.29, 1.82) is 0 Å². The van der Waals surface area contributed by atoms with E-state index in [1.807, 2.05) is 32.0 Å². The van der Waals surface area contributed by atoms with Gasteiger partial charge in [-0.15, -0.1) is 0 Å². The first-order valence-electron chi connectivity index (χ1n) is 6.41. The van der Waals surface area contributed by atoms with E-state index < -0.39 is 0 Å². The lowest BCUT2D eigenvalue weighted by Crippen LogP contribution is -2.37. The normalized spacial score (nSPS) is 11.4. The van der Waals surface area contributed by atoms with Crippen molar-refractivity contribution in [1.82, 2.24) is 5.32 Å². The molecule has 0 aliphatic carbocycles. The van der Waals surface area contributed by atoms with Gasteiger partial charge < -0.3 is 10.6 Å². The molecule has 0 bridgehead atoms. The Hall–Kier alpha value is -1.35. The molecule has 0 spiro atoms. The highest BCUT2D eigenvalue weighted by Crippen LogP contribution is 2.17. The fraction of sp³-hybridized carbons (Fsp3) is 0.533. The Labute approximate surface area is 110 Å². The molecule has 0 unspecified atom stereocenters. The molecule has 1 aromatic carbocycles. The van der Waals surface area contributed by atoms with Crippen molar-refractivity contribution < 1.29 is 4.79 Å². The van der Waals surface area contributed by atoms with Crippen molar-refractivity contribution in [2.24, 2.45) is 0 Å². The highest BCUT2D eigenvalue weighted by atomic mass is 16.1. The molecular formula is C15H24N2O. The molecule has 0 fully saturated rings. The summed E-state index contributed by atoms with van der Waals surface area (Å²) in [5.74, 6) is 0.0560. The summed E-state index contributed by atoms with van der Waals surface area (Å²) in [7, 11) is 0.